The van der Waals surface area contributed by atoms with Gasteiger partial charge in [-0.3, -0.25) is 0 Å². The molecule has 1 nitrogen and oxygen atoms in total. The van der Waals surface area contributed by atoms with Crippen LogP contribution in [0.1, 0.15) is 22.1 Å². The largest absolute Gasteiger partial charge is 0.384 e. The van der Waals surface area contributed by atoms with Gasteiger partial charge < -0.3 is 5.11 Å². The van der Waals surface area contributed by atoms with E-state index in [9.17, 15) is 5.11 Å². The number of benzene rings is 2. The standard InChI is InChI=1S/C21H16OS/c22-20(18-10-5-2-6-11-18)16-19(21-12-7-15-23-21)14-13-17-8-3-1-4-9-17/h1-12,15-16,20,22H/b19-16+. The van der Waals surface area contributed by atoms with E-state index in [0.29, 0.717) is 0 Å². The van der Waals surface area contributed by atoms with Gasteiger partial charge in [-0.25, -0.2) is 0 Å². The number of hydrogen-bond acceptors (Lipinski definition) is 2. The summed E-state index contributed by atoms with van der Waals surface area (Å²) in [5.41, 5.74) is 2.67. The molecule has 2 aromatic carbocycles. The van der Waals surface area contributed by atoms with Crippen molar-refractivity contribution >= 4 is 16.9 Å². The zero-order valence-corrected chi connectivity index (χ0v) is 13.3. The van der Waals surface area contributed by atoms with Crippen LogP contribution in [-0.4, -0.2) is 5.11 Å². The molecule has 1 N–H and O–H groups in total. The Bertz CT molecular complexity index is 822. The molecule has 0 saturated heterocycles. The smallest absolute Gasteiger partial charge is 0.0987 e. The third kappa shape index (κ3) is 4.20. The first-order valence-corrected chi connectivity index (χ1v) is 8.27. The summed E-state index contributed by atoms with van der Waals surface area (Å²) in [5.74, 6) is 6.37. The van der Waals surface area contributed by atoms with Gasteiger partial charge in [-0.1, -0.05) is 66.4 Å². The minimum atomic E-state index is -0.668. The lowest BCUT2D eigenvalue weighted by Gasteiger charge is -2.07. The van der Waals surface area contributed by atoms with Gasteiger partial charge in [0, 0.05) is 16.0 Å². The van der Waals surface area contributed by atoms with Gasteiger partial charge in [0.25, 0.3) is 0 Å². The molecular formula is C21H16OS. The molecule has 23 heavy (non-hydrogen) atoms. The highest BCUT2D eigenvalue weighted by atomic mass is 32.1. The van der Waals surface area contributed by atoms with Crippen LogP contribution in [0.4, 0.5) is 0 Å². The Hall–Kier alpha value is -2.60. The number of rotatable bonds is 3. The maximum atomic E-state index is 10.4. The Morgan fingerprint density at radius 3 is 2.26 bits per heavy atom. The molecule has 3 aromatic rings. The number of hydrogen-bond donors (Lipinski definition) is 1. The van der Waals surface area contributed by atoms with Crippen molar-refractivity contribution in [1.29, 1.82) is 0 Å². The fraction of sp³-hybridized carbons (Fsp3) is 0.0476. The van der Waals surface area contributed by atoms with Crippen LogP contribution in [0.2, 0.25) is 0 Å². The predicted octanol–water partition coefficient (Wildman–Crippen LogP) is 4.92. The second-order valence-corrected chi connectivity index (χ2v) is 5.98. The minimum absolute atomic E-state index is 0.668. The summed E-state index contributed by atoms with van der Waals surface area (Å²) in [5, 5.41) is 12.5. The number of aliphatic hydroxyl groups excluding tert-OH is 1. The zero-order valence-electron chi connectivity index (χ0n) is 12.5. The molecule has 112 valence electrons. The second kappa shape index (κ2) is 7.60. The van der Waals surface area contributed by atoms with Crippen molar-refractivity contribution in [2.45, 2.75) is 6.10 Å². The molecule has 1 heterocycles. The first-order chi connectivity index (χ1) is 11.3. The molecule has 0 amide bonds. The summed E-state index contributed by atoms with van der Waals surface area (Å²) in [6.45, 7) is 0. The van der Waals surface area contributed by atoms with E-state index in [4.69, 9.17) is 0 Å². The summed E-state index contributed by atoms with van der Waals surface area (Å²) in [6, 6.07) is 23.5. The van der Waals surface area contributed by atoms with Crippen LogP contribution >= 0.6 is 11.3 Å². The van der Waals surface area contributed by atoms with Crippen molar-refractivity contribution < 1.29 is 5.11 Å². The normalized spacial score (nSPS) is 12.3. The molecule has 0 saturated carbocycles. The first kappa shape index (κ1) is 15.3. The molecule has 0 aliphatic heterocycles. The topological polar surface area (TPSA) is 20.2 Å². The Kier molecular flexibility index (Phi) is 5.06. The van der Waals surface area contributed by atoms with Crippen molar-refractivity contribution in [1.82, 2.24) is 0 Å². The van der Waals surface area contributed by atoms with Crippen LogP contribution in [0.15, 0.2) is 84.3 Å². The van der Waals surface area contributed by atoms with E-state index in [-0.39, 0.29) is 0 Å². The third-order valence-corrected chi connectivity index (χ3v) is 4.27. The molecule has 1 atom stereocenters. The fourth-order valence-electron chi connectivity index (χ4n) is 2.18. The van der Waals surface area contributed by atoms with Gasteiger partial charge in [0.1, 0.15) is 0 Å². The third-order valence-electron chi connectivity index (χ3n) is 3.37. The van der Waals surface area contributed by atoms with E-state index in [1.54, 1.807) is 11.3 Å². The van der Waals surface area contributed by atoms with E-state index in [1.165, 1.54) is 0 Å². The molecule has 0 bridgehead atoms. The Balaban J connectivity index is 1.94. The average Bonchev–Trinajstić information content (AvgIpc) is 3.14. The van der Waals surface area contributed by atoms with E-state index in [2.05, 4.69) is 11.8 Å². The predicted molar refractivity (Wildman–Crippen MR) is 97.0 cm³/mol. The highest BCUT2D eigenvalue weighted by Gasteiger charge is 2.07. The van der Waals surface area contributed by atoms with Crippen LogP contribution in [0.25, 0.3) is 5.57 Å². The van der Waals surface area contributed by atoms with Crippen LogP contribution in [0, 0.1) is 11.8 Å². The minimum Gasteiger partial charge on any atom is -0.384 e. The van der Waals surface area contributed by atoms with Gasteiger partial charge in [0.15, 0.2) is 0 Å². The first-order valence-electron chi connectivity index (χ1n) is 7.39. The van der Waals surface area contributed by atoms with Crippen LogP contribution in [0.5, 0.6) is 0 Å². The van der Waals surface area contributed by atoms with Crippen molar-refractivity contribution in [3.63, 3.8) is 0 Å². The Morgan fingerprint density at radius 1 is 0.913 bits per heavy atom. The van der Waals surface area contributed by atoms with Crippen LogP contribution < -0.4 is 0 Å². The van der Waals surface area contributed by atoms with Gasteiger partial charge in [0.2, 0.25) is 0 Å². The van der Waals surface area contributed by atoms with Crippen LogP contribution in [-0.2, 0) is 0 Å². The molecule has 0 fully saturated rings. The van der Waals surface area contributed by atoms with E-state index < -0.39 is 6.10 Å². The number of allylic oxidation sites excluding steroid dienone is 1. The monoisotopic (exact) mass is 316 g/mol. The lowest BCUT2D eigenvalue weighted by Crippen LogP contribution is -1.93. The quantitative estimate of drug-likeness (QED) is 0.680. The summed E-state index contributed by atoms with van der Waals surface area (Å²) >= 11 is 1.62. The van der Waals surface area contributed by atoms with Crippen molar-refractivity contribution in [3.05, 3.63) is 100 Å². The fourth-order valence-corrected chi connectivity index (χ4v) is 2.89. The van der Waals surface area contributed by atoms with Gasteiger partial charge >= 0.3 is 0 Å². The summed E-state index contributed by atoms with van der Waals surface area (Å²) < 4.78 is 0. The van der Waals surface area contributed by atoms with Gasteiger partial charge in [0.05, 0.1) is 6.10 Å². The molecule has 3 rings (SSSR count). The second-order valence-electron chi connectivity index (χ2n) is 5.03. The molecule has 0 aliphatic carbocycles. The van der Waals surface area contributed by atoms with Gasteiger partial charge in [-0.15, -0.1) is 11.3 Å². The van der Waals surface area contributed by atoms with Crippen LogP contribution in [0.3, 0.4) is 0 Å². The Morgan fingerprint density at radius 2 is 1.61 bits per heavy atom. The molecule has 0 spiro atoms. The summed E-state index contributed by atoms with van der Waals surface area (Å²) in [7, 11) is 0. The molecule has 2 heteroatoms. The van der Waals surface area contributed by atoms with Gasteiger partial charge in [-0.2, -0.15) is 0 Å². The van der Waals surface area contributed by atoms with Crippen molar-refractivity contribution in [3.8, 4) is 11.8 Å². The maximum Gasteiger partial charge on any atom is 0.0987 e. The lowest BCUT2D eigenvalue weighted by atomic mass is 10.1. The molecular weight excluding hydrogens is 300 g/mol. The van der Waals surface area contributed by atoms with E-state index in [0.717, 1.165) is 21.6 Å². The zero-order chi connectivity index (χ0) is 15.9. The highest BCUT2D eigenvalue weighted by Crippen LogP contribution is 2.24. The Labute approximate surface area is 140 Å². The number of thiophene rings is 1. The molecule has 1 aromatic heterocycles. The van der Waals surface area contributed by atoms with Gasteiger partial charge in [-0.05, 0) is 35.2 Å². The number of aliphatic hydroxyl groups is 1. The van der Waals surface area contributed by atoms with E-state index in [1.807, 2.05) is 84.3 Å². The van der Waals surface area contributed by atoms with E-state index >= 15 is 0 Å². The average molecular weight is 316 g/mol. The highest BCUT2D eigenvalue weighted by molar-refractivity contribution is 7.11. The SMILES string of the molecule is OC(/C=C(\C#Cc1ccccc1)c1cccs1)c1ccccc1. The molecule has 0 aliphatic rings. The summed E-state index contributed by atoms with van der Waals surface area (Å²) in [4.78, 5) is 1.06. The molecule has 1 unspecified atom stereocenters. The summed E-state index contributed by atoms with van der Waals surface area (Å²) in [6.07, 6.45) is 1.15. The van der Waals surface area contributed by atoms with Crippen molar-refractivity contribution in [2.24, 2.45) is 0 Å². The van der Waals surface area contributed by atoms with Crippen molar-refractivity contribution in [2.75, 3.05) is 0 Å². The molecule has 0 radical (unpaired) electrons. The lowest BCUT2D eigenvalue weighted by molar-refractivity contribution is 0.229. The maximum absolute atomic E-state index is 10.4.